The number of benzene rings is 1. The van der Waals surface area contributed by atoms with Crippen LogP contribution in [0.15, 0.2) is 16.6 Å². The Kier molecular flexibility index (Phi) is 4.85. The van der Waals surface area contributed by atoms with E-state index in [2.05, 4.69) is 38.5 Å². The van der Waals surface area contributed by atoms with Crippen molar-refractivity contribution in [1.29, 1.82) is 0 Å². The van der Waals surface area contributed by atoms with Crippen LogP contribution < -0.4 is 5.73 Å². The molecule has 1 aromatic rings. The zero-order chi connectivity index (χ0) is 11.4. The number of nitrogens with two attached hydrogens (primary N) is 1. The predicted octanol–water partition coefficient (Wildman–Crippen LogP) is 3.20. The first-order valence-corrected chi connectivity index (χ1v) is 6.35. The molecule has 0 aliphatic heterocycles. The lowest BCUT2D eigenvalue weighted by atomic mass is 10.2. The van der Waals surface area contributed by atoms with Crippen molar-refractivity contribution in [3.8, 4) is 0 Å². The van der Waals surface area contributed by atoms with Crippen LogP contribution in [0.4, 0.5) is 5.69 Å². The molecular weight excluding hydrogens is 373 g/mol. The van der Waals surface area contributed by atoms with Gasteiger partial charge in [-0.25, -0.2) is 4.79 Å². The summed E-state index contributed by atoms with van der Waals surface area (Å²) in [6.45, 7) is 2.36. The minimum atomic E-state index is -0.361. The first kappa shape index (κ1) is 12.8. The van der Waals surface area contributed by atoms with Crippen LogP contribution in [0.3, 0.4) is 0 Å². The molecule has 0 aliphatic carbocycles. The van der Waals surface area contributed by atoms with Crippen LogP contribution >= 0.6 is 38.5 Å². The van der Waals surface area contributed by atoms with Crippen LogP contribution in [-0.4, -0.2) is 12.6 Å². The Balaban J connectivity index is 3.02. The largest absolute Gasteiger partial charge is 0.462 e. The van der Waals surface area contributed by atoms with E-state index in [0.717, 1.165) is 9.99 Å². The van der Waals surface area contributed by atoms with Crippen molar-refractivity contribution in [3.63, 3.8) is 0 Å². The molecule has 15 heavy (non-hydrogen) atoms. The van der Waals surface area contributed by atoms with Crippen LogP contribution in [0.25, 0.3) is 0 Å². The fourth-order valence-electron chi connectivity index (χ4n) is 1.04. The van der Waals surface area contributed by atoms with E-state index in [1.807, 2.05) is 19.1 Å². The van der Waals surface area contributed by atoms with Crippen molar-refractivity contribution in [1.82, 2.24) is 0 Å². The van der Waals surface area contributed by atoms with E-state index in [1.54, 1.807) is 0 Å². The van der Waals surface area contributed by atoms with Crippen molar-refractivity contribution in [2.24, 2.45) is 0 Å². The molecule has 0 aromatic heterocycles. The van der Waals surface area contributed by atoms with E-state index in [0.29, 0.717) is 22.3 Å². The Hall–Kier alpha value is -0.300. The van der Waals surface area contributed by atoms with Crippen LogP contribution in [0, 0.1) is 3.57 Å². The number of carbonyl (C=O) groups is 1. The highest BCUT2D eigenvalue weighted by atomic mass is 127. The molecule has 0 aliphatic rings. The Morgan fingerprint density at radius 2 is 2.27 bits per heavy atom. The number of esters is 1. The quantitative estimate of drug-likeness (QED) is 0.495. The molecule has 0 saturated heterocycles. The third-order valence-corrected chi connectivity index (χ3v) is 3.37. The van der Waals surface area contributed by atoms with Crippen molar-refractivity contribution in [2.45, 2.75) is 13.3 Å². The molecule has 0 spiro atoms. The third-order valence-electron chi connectivity index (χ3n) is 1.78. The first-order chi connectivity index (χ1) is 7.07. The summed E-state index contributed by atoms with van der Waals surface area (Å²) in [5, 5.41) is 0. The van der Waals surface area contributed by atoms with E-state index >= 15 is 0 Å². The third kappa shape index (κ3) is 3.07. The number of hydrogen-bond acceptors (Lipinski definition) is 3. The molecule has 0 bridgehead atoms. The molecule has 0 unspecified atom stereocenters. The zero-order valence-electron chi connectivity index (χ0n) is 8.22. The van der Waals surface area contributed by atoms with Gasteiger partial charge in [-0.15, -0.1) is 0 Å². The molecule has 0 saturated carbocycles. The Bertz CT molecular complexity index is 382. The van der Waals surface area contributed by atoms with Gasteiger partial charge in [0.15, 0.2) is 0 Å². The topological polar surface area (TPSA) is 52.3 Å². The van der Waals surface area contributed by atoms with Gasteiger partial charge in [0.25, 0.3) is 0 Å². The highest BCUT2D eigenvalue weighted by Crippen LogP contribution is 2.28. The van der Waals surface area contributed by atoms with Gasteiger partial charge in [0, 0.05) is 8.04 Å². The van der Waals surface area contributed by atoms with E-state index in [-0.39, 0.29) is 5.97 Å². The molecule has 0 heterocycles. The maximum absolute atomic E-state index is 11.7. The maximum atomic E-state index is 11.7. The van der Waals surface area contributed by atoms with Gasteiger partial charge >= 0.3 is 5.97 Å². The number of hydrogen-bond donors (Lipinski definition) is 1. The summed E-state index contributed by atoms with van der Waals surface area (Å²) < 4.78 is 6.56. The fourth-order valence-corrected chi connectivity index (χ4v) is 2.06. The van der Waals surface area contributed by atoms with Gasteiger partial charge < -0.3 is 10.5 Å². The van der Waals surface area contributed by atoms with Gasteiger partial charge in [0.2, 0.25) is 0 Å². The van der Waals surface area contributed by atoms with Crippen molar-refractivity contribution >= 4 is 50.2 Å². The molecule has 0 amide bonds. The number of carbonyl (C=O) groups excluding carboxylic acids is 1. The number of ether oxygens (including phenoxy) is 1. The van der Waals surface area contributed by atoms with E-state index in [9.17, 15) is 4.79 Å². The number of rotatable bonds is 3. The first-order valence-electron chi connectivity index (χ1n) is 4.48. The molecule has 3 nitrogen and oxygen atoms in total. The maximum Gasteiger partial charge on any atom is 0.341 e. The van der Waals surface area contributed by atoms with Gasteiger partial charge in [-0.05, 0) is 57.1 Å². The lowest BCUT2D eigenvalue weighted by molar-refractivity contribution is 0.0505. The van der Waals surface area contributed by atoms with Crippen molar-refractivity contribution in [2.75, 3.05) is 12.3 Å². The smallest absolute Gasteiger partial charge is 0.341 e. The predicted molar refractivity (Wildman–Crippen MR) is 71.8 cm³/mol. The molecule has 0 atom stereocenters. The van der Waals surface area contributed by atoms with Crippen LogP contribution in [0.5, 0.6) is 0 Å². The Morgan fingerprint density at radius 1 is 1.60 bits per heavy atom. The zero-order valence-corrected chi connectivity index (χ0v) is 12.0. The molecule has 1 rings (SSSR count). The molecule has 5 heteroatoms. The number of halogens is 2. The second-order valence-electron chi connectivity index (χ2n) is 2.95. The van der Waals surface area contributed by atoms with Crippen LogP contribution in [0.1, 0.15) is 23.7 Å². The highest BCUT2D eigenvalue weighted by Gasteiger charge is 2.16. The standard InChI is InChI=1S/C10H11BrINO2/c1-2-5-15-10(14)8-7(12)4-3-6(11)9(8)13/h3-4H,2,5,13H2,1H3. The van der Waals surface area contributed by atoms with Gasteiger partial charge in [-0.1, -0.05) is 6.92 Å². The van der Waals surface area contributed by atoms with Crippen molar-refractivity contribution < 1.29 is 9.53 Å². The highest BCUT2D eigenvalue weighted by molar-refractivity contribution is 14.1. The van der Waals surface area contributed by atoms with E-state index in [4.69, 9.17) is 10.5 Å². The van der Waals surface area contributed by atoms with Gasteiger partial charge in [0.1, 0.15) is 0 Å². The summed E-state index contributed by atoms with van der Waals surface area (Å²) in [5.41, 5.74) is 6.68. The summed E-state index contributed by atoms with van der Waals surface area (Å²) >= 11 is 5.35. The fraction of sp³-hybridized carbons (Fsp3) is 0.300. The second-order valence-corrected chi connectivity index (χ2v) is 4.97. The lowest BCUT2D eigenvalue weighted by Gasteiger charge is -2.09. The van der Waals surface area contributed by atoms with Crippen LogP contribution in [-0.2, 0) is 4.74 Å². The Morgan fingerprint density at radius 3 is 2.87 bits per heavy atom. The van der Waals surface area contributed by atoms with E-state index in [1.165, 1.54) is 0 Å². The minimum Gasteiger partial charge on any atom is -0.462 e. The number of nitrogen functional groups attached to an aromatic ring is 1. The average molecular weight is 384 g/mol. The minimum absolute atomic E-state index is 0.361. The molecular formula is C10H11BrINO2. The molecule has 82 valence electrons. The number of anilines is 1. The summed E-state index contributed by atoms with van der Waals surface area (Å²) in [4.78, 5) is 11.7. The SMILES string of the molecule is CCCOC(=O)c1c(I)ccc(Br)c1N. The monoisotopic (exact) mass is 383 g/mol. The summed E-state index contributed by atoms with van der Waals surface area (Å²) in [7, 11) is 0. The Labute approximate surface area is 111 Å². The molecule has 0 fully saturated rings. The molecule has 2 N–H and O–H groups in total. The molecule has 1 aromatic carbocycles. The van der Waals surface area contributed by atoms with Gasteiger partial charge in [-0.3, -0.25) is 0 Å². The van der Waals surface area contributed by atoms with Gasteiger partial charge in [0.05, 0.1) is 17.9 Å². The van der Waals surface area contributed by atoms with Crippen molar-refractivity contribution in [3.05, 3.63) is 25.7 Å². The summed E-state index contributed by atoms with van der Waals surface area (Å²) in [5.74, 6) is -0.361. The summed E-state index contributed by atoms with van der Waals surface area (Å²) in [6, 6.07) is 3.64. The van der Waals surface area contributed by atoms with Crippen LogP contribution in [0.2, 0.25) is 0 Å². The normalized spacial score (nSPS) is 10.1. The van der Waals surface area contributed by atoms with E-state index < -0.39 is 0 Å². The molecule has 0 radical (unpaired) electrons. The average Bonchev–Trinajstić information content (AvgIpc) is 2.21. The summed E-state index contributed by atoms with van der Waals surface area (Å²) in [6.07, 6.45) is 0.802. The lowest BCUT2D eigenvalue weighted by Crippen LogP contribution is -2.11. The van der Waals surface area contributed by atoms with Gasteiger partial charge in [-0.2, -0.15) is 0 Å². The second kappa shape index (κ2) is 5.69.